The fourth-order valence-corrected chi connectivity index (χ4v) is 5.38. The molecule has 5 rings (SSSR count). The highest BCUT2D eigenvalue weighted by atomic mass is 79.9. The molecule has 0 aliphatic carbocycles. The minimum Gasteiger partial charge on any atom is -0.490 e. The molecule has 3 heterocycles. The highest BCUT2D eigenvalue weighted by Gasteiger charge is 2.42. The fraction of sp³-hybridized carbons (Fsp3) is 0.185. The van der Waals surface area contributed by atoms with Gasteiger partial charge in [0.25, 0.3) is 0 Å². The van der Waals surface area contributed by atoms with Crippen molar-refractivity contribution in [2.24, 2.45) is 0 Å². The molecule has 190 valence electrons. The van der Waals surface area contributed by atoms with Crippen molar-refractivity contribution in [2.75, 3.05) is 25.2 Å². The van der Waals surface area contributed by atoms with Crippen LogP contribution in [0.25, 0.3) is 11.3 Å². The van der Waals surface area contributed by atoms with E-state index in [2.05, 4.69) is 26.2 Å². The number of rotatable bonds is 8. The molecule has 2 aromatic heterocycles. The van der Waals surface area contributed by atoms with Crippen molar-refractivity contribution in [3.63, 3.8) is 0 Å². The average molecular weight is 603 g/mol. The van der Waals surface area contributed by atoms with Crippen LogP contribution in [0.2, 0.25) is 5.02 Å². The smallest absolute Gasteiger partial charge is 0.174 e. The van der Waals surface area contributed by atoms with Crippen LogP contribution in [0.5, 0.6) is 5.75 Å². The summed E-state index contributed by atoms with van der Waals surface area (Å²) in [5.74, 6) is 1.48. The maximum absolute atomic E-state index is 13.7. The zero-order valence-corrected chi connectivity index (χ0v) is 22.8. The summed E-state index contributed by atoms with van der Waals surface area (Å²) < 4.78 is 31.4. The molecule has 1 aliphatic rings. The van der Waals surface area contributed by atoms with Crippen molar-refractivity contribution in [1.82, 2.24) is 10.3 Å². The van der Waals surface area contributed by atoms with Gasteiger partial charge in [0.2, 0.25) is 0 Å². The number of halogens is 3. The molecule has 2 atom stereocenters. The van der Waals surface area contributed by atoms with Crippen molar-refractivity contribution in [2.45, 2.75) is 12.1 Å². The lowest BCUT2D eigenvalue weighted by Crippen LogP contribution is -2.29. The third-order valence-corrected chi connectivity index (χ3v) is 7.22. The van der Waals surface area contributed by atoms with Gasteiger partial charge in [-0.3, -0.25) is 4.98 Å². The molecule has 0 bridgehead atoms. The van der Waals surface area contributed by atoms with Crippen LogP contribution >= 0.6 is 39.7 Å². The third-order valence-electron chi connectivity index (χ3n) is 5.95. The minimum atomic E-state index is -0.369. The number of benzene rings is 2. The number of furan rings is 1. The summed E-state index contributed by atoms with van der Waals surface area (Å²) in [4.78, 5) is 6.52. The van der Waals surface area contributed by atoms with Crippen LogP contribution in [-0.4, -0.2) is 30.4 Å². The normalized spacial score (nSPS) is 17.2. The Hall–Kier alpha value is -2.98. The Labute approximate surface area is 232 Å². The van der Waals surface area contributed by atoms with E-state index in [0.29, 0.717) is 45.1 Å². The molecule has 37 heavy (non-hydrogen) atoms. The van der Waals surface area contributed by atoms with Gasteiger partial charge in [0.1, 0.15) is 35.7 Å². The van der Waals surface area contributed by atoms with Gasteiger partial charge in [-0.05, 0) is 88.8 Å². The first kappa shape index (κ1) is 25.7. The highest BCUT2D eigenvalue weighted by molar-refractivity contribution is 9.10. The Morgan fingerprint density at radius 2 is 2.00 bits per heavy atom. The van der Waals surface area contributed by atoms with E-state index < -0.39 is 0 Å². The van der Waals surface area contributed by atoms with Gasteiger partial charge in [-0.25, -0.2) is 4.39 Å². The van der Waals surface area contributed by atoms with E-state index >= 15 is 0 Å². The largest absolute Gasteiger partial charge is 0.490 e. The Bertz CT molecular complexity index is 1420. The Balaban J connectivity index is 1.54. The standard InChI is InChI=1S/C27H22BrClFN3O3S/c1-34-12-13-35-23-8-6-17(15-20(23)29)33-26(25(32-27(33)37)21-4-2-3-11-31-21)24-10-9-22(36-24)18-7-5-16(30)14-19(18)28/h2-11,14-15,25-26H,12-13H2,1H3,(H,32,37)/t25-,26+/m0/s1. The maximum atomic E-state index is 13.7. The van der Waals surface area contributed by atoms with E-state index in [-0.39, 0.29) is 17.9 Å². The number of hydrogen-bond acceptors (Lipinski definition) is 5. The number of nitrogens with zero attached hydrogens (tertiary/aromatic N) is 2. The minimum absolute atomic E-state index is 0.291. The lowest BCUT2D eigenvalue weighted by molar-refractivity contribution is 0.146. The van der Waals surface area contributed by atoms with E-state index in [0.717, 1.165) is 16.9 Å². The van der Waals surface area contributed by atoms with E-state index in [4.69, 9.17) is 37.7 Å². The lowest BCUT2D eigenvalue weighted by Gasteiger charge is -2.26. The second kappa shape index (κ2) is 11.2. The zero-order chi connectivity index (χ0) is 25.9. The predicted octanol–water partition coefficient (Wildman–Crippen LogP) is 7.10. The van der Waals surface area contributed by atoms with Gasteiger partial charge < -0.3 is 24.1 Å². The van der Waals surface area contributed by atoms with Gasteiger partial charge in [-0.15, -0.1) is 0 Å². The Kier molecular flexibility index (Phi) is 7.76. The molecule has 0 amide bonds. The lowest BCUT2D eigenvalue weighted by atomic mass is 10.0. The van der Waals surface area contributed by atoms with Crippen molar-refractivity contribution >= 4 is 50.5 Å². The molecule has 6 nitrogen and oxygen atoms in total. The average Bonchev–Trinajstić information content (AvgIpc) is 3.50. The molecule has 0 unspecified atom stereocenters. The van der Waals surface area contributed by atoms with Crippen LogP contribution in [0, 0.1) is 5.82 Å². The monoisotopic (exact) mass is 601 g/mol. The fourth-order valence-electron chi connectivity index (χ4n) is 4.26. The summed E-state index contributed by atoms with van der Waals surface area (Å²) >= 11 is 15.8. The first-order valence-corrected chi connectivity index (χ1v) is 13.0. The van der Waals surface area contributed by atoms with Crippen molar-refractivity contribution in [3.8, 4) is 17.1 Å². The second-order valence-corrected chi connectivity index (χ2v) is 9.93. The molecule has 0 radical (unpaired) electrons. The molecule has 1 fully saturated rings. The number of aromatic nitrogens is 1. The number of methoxy groups -OCH3 is 1. The SMILES string of the molecule is COCCOc1ccc(N2C(=S)N[C@@H](c3ccccn3)[C@H]2c2ccc(-c3ccc(F)cc3Br)o2)cc1Cl. The molecule has 4 aromatic rings. The number of nitrogens with one attached hydrogen (secondary N) is 1. The molecule has 10 heteroatoms. The van der Waals surface area contributed by atoms with Gasteiger partial charge in [-0.1, -0.05) is 17.7 Å². The molecule has 2 aromatic carbocycles. The Morgan fingerprint density at radius 1 is 1.14 bits per heavy atom. The van der Waals surface area contributed by atoms with Gasteiger partial charge in [0.15, 0.2) is 5.11 Å². The summed E-state index contributed by atoms with van der Waals surface area (Å²) in [6.07, 6.45) is 1.74. The van der Waals surface area contributed by atoms with Gasteiger partial charge >= 0.3 is 0 Å². The molecule has 0 spiro atoms. The predicted molar refractivity (Wildman–Crippen MR) is 149 cm³/mol. The van der Waals surface area contributed by atoms with Crippen LogP contribution in [0.15, 0.2) is 81.8 Å². The first-order valence-electron chi connectivity index (χ1n) is 11.4. The third kappa shape index (κ3) is 5.36. The summed E-state index contributed by atoms with van der Waals surface area (Å²) in [6.45, 7) is 0.842. The van der Waals surface area contributed by atoms with E-state index in [1.165, 1.54) is 12.1 Å². The summed E-state index contributed by atoms with van der Waals surface area (Å²) in [6, 6.07) is 18.8. The number of anilines is 1. The first-order chi connectivity index (χ1) is 18.0. The van der Waals surface area contributed by atoms with E-state index in [1.54, 1.807) is 19.4 Å². The summed E-state index contributed by atoms with van der Waals surface area (Å²) in [5.41, 5.74) is 2.32. The topological polar surface area (TPSA) is 59.8 Å². The number of thiocarbonyl (C=S) groups is 1. The molecular formula is C27H22BrClFN3O3S. The van der Waals surface area contributed by atoms with E-state index in [9.17, 15) is 4.39 Å². The number of hydrogen-bond donors (Lipinski definition) is 1. The quantitative estimate of drug-likeness (QED) is 0.171. The van der Waals surface area contributed by atoms with Gasteiger partial charge in [-0.2, -0.15) is 0 Å². The molecule has 1 N–H and O–H groups in total. The van der Waals surface area contributed by atoms with Crippen LogP contribution in [0.1, 0.15) is 23.5 Å². The van der Waals surface area contributed by atoms with Crippen molar-refractivity contribution < 1.29 is 18.3 Å². The van der Waals surface area contributed by atoms with E-state index in [1.807, 2.05) is 53.4 Å². The molecule has 1 aliphatic heterocycles. The summed E-state index contributed by atoms with van der Waals surface area (Å²) in [7, 11) is 1.61. The molecule has 1 saturated heterocycles. The van der Waals surface area contributed by atoms with Crippen molar-refractivity contribution in [1.29, 1.82) is 0 Å². The highest BCUT2D eigenvalue weighted by Crippen LogP contribution is 2.44. The van der Waals surface area contributed by atoms with Gasteiger partial charge in [0, 0.05) is 29.0 Å². The number of pyridine rings is 1. The van der Waals surface area contributed by atoms with Crippen LogP contribution in [-0.2, 0) is 4.74 Å². The molecule has 0 saturated carbocycles. The molecular weight excluding hydrogens is 581 g/mol. The maximum Gasteiger partial charge on any atom is 0.174 e. The van der Waals surface area contributed by atoms with Crippen LogP contribution in [0.3, 0.4) is 0 Å². The second-order valence-electron chi connectivity index (χ2n) is 8.28. The van der Waals surface area contributed by atoms with Crippen molar-refractivity contribution in [3.05, 3.63) is 99.7 Å². The zero-order valence-electron chi connectivity index (χ0n) is 19.7. The van der Waals surface area contributed by atoms with Crippen LogP contribution in [0.4, 0.5) is 10.1 Å². The Morgan fingerprint density at radius 3 is 2.73 bits per heavy atom. The summed E-state index contributed by atoms with van der Waals surface area (Å²) in [5, 5.41) is 4.35. The van der Waals surface area contributed by atoms with Gasteiger partial charge in [0.05, 0.1) is 23.4 Å². The van der Waals surface area contributed by atoms with Crippen LogP contribution < -0.4 is 15.0 Å². The number of ether oxygens (including phenoxy) is 2.